The van der Waals surface area contributed by atoms with E-state index < -0.39 is 0 Å². The van der Waals surface area contributed by atoms with Gasteiger partial charge in [-0.2, -0.15) is 9.97 Å². The highest BCUT2D eigenvalue weighted by molar-refractivity contribution is 6.31. The number of halogens is 1. The molecular weight excluding hydrogens is 352 g/mol. The van der Waals surface area contributed by atoms with Crippen molar-refractivity contribution < 1.29 is 4.42 Å². The summed E-state index contributed by atoms with van der Waals surface area (Å²) in [6, 6.07) is 8.13. The van der Waals surface area contributed by atoms with Gasteiger partial charge in [0.1, 0.15) is 11.3 Å². The van der Waals surface area contributed by atoms with Gasteiger partial charge in [-0.15, -0.1) is 0 Å². The zero-order valence-corrected chi connectivity index (χ0v) is 15.9. The Balaban J connectivity index is 1.50. The number of hydrogen-bond acceptors (Lipinski definition) is 7. The second-order valence-corrected chi connectivity index (χ2v) is 7.08. The Labute approximate surface area is 157 Å². The van der Waals surface area contributed by atoms with E-state index in [1.54, 1.807) is 6.07 Å². The van der Waals surface area contributed by atoms with E-state index in [1.807, 2.05) is 44.1 Å². The number of hydrogen-bond donors (Lipinski definition) is 0. The van der Waals surface area contributed by atoms with E-state index in [0.717, 1.165) is 49.2 Å². The van der Waals surface area contributed by atoms with Crippen LogP contribution in [0.5, 0.6) is 0 Å². The number of benzene rings is 1. The summed E-state index contributed by atoms with van der Waals surface area (Å²) in [4.78, 5) is 20.2. The fourth-order valence-electron chi connectivity index (χ4n) is 3.03. The van der Waals surface area contributed by atoms with Crippen molar-refractivity contribution in [2.24, 2.45) is 0 Å². The van der Waals surface area contributed by atoms with E-state index in [9.17, 15) is 0 Å². The van der Waals surface area contributed by atoms with Crippen molar-refractivity contribution in [1.29, 1.82) is 0 Å². The minimum absolute atomic E-state index is 0.640. The highest BCUT2D eigenvalue weighted by Crippen LogP contribution is 2.26. The molecule has 0 amide bonds. The largest absolute Gasteiger partial charge is 0.423 e. The summed E-state index contributed by atoms with van der Waals surface area (Å²) < 4.78 is 5.87. The molecule has 3 heterocycles. The van der Waals surface area contributed by atoms with Gasteiger partial charge < -0.3 is 19.1 Å². The van der Waals surface area contributed by atoms with Crippen LogP contribution in [0.1, 0.15) is 5.69 Å². The van der Waals surface area contributed by atoms with E-state index >= 15 is 0 Å². The van der Waals surface area contributed by atoms with Crippen LogP contribution in [0.25, 0.3) is 11.1 Å². The fourth-order valence-corrected chi connectivity index (χ4v) is 3.19. The molecule has 26 heavy (non-hydrogen) atoms. The number of aromatic nitrogens is 3. The van der Waals surface area contributed by atoms with Gasteiger partial charge in [0, 0.05) is 63.1 Å². The third kappa shape index (κ3) is 3.26. The molecule has 0 atom stereocenters. The standard InChI is InChI=1S/C18H21ClN6O/c1-12-10-16(23(2)3)22-17(20-12)24-6-8-25(9-7-24)18-21-14-5-4-13(19)11-15(14)26-18/h4-5,10-11H,6-9H2,1-3H3. The first-order valence-corrected chi connectivity index (χ1v) is 8.96. The SMILES string of the molecule is Cc1cc(N(C)C)nc(N2CCN(c3nc4ccc(Cl)cc4o3)CC2)n1. The van der Waals surface area contributed by atoms with Gasteiger partial charge in [0.25, 0.3) is 6.01 Å². The number of oxazole rings is 1. The first-order chi connectivity index (χ1) is 12.5. The van der Waals surface area contributed by atoms with Crippen molar-refractivity contribution in [1.82, 2.24) is 15.0 Å². The summed E-state index contributed by atoms with van der Waals surface area (Å²) in [5.74, 6) is 1.70. The molecular formula is C18H21ClN6O. The normalized spacial score (nSPS) is 14.9. The lowest BCUT2D eigenvalue weighted by atomic mass is 10.3. The Morgan fingerprint density at radius 1 is 1.00 bits per heavy atom. The van der Waals surface area contributed by atoms with Crippen LogP contribution in [0.15, 0.2) is 28.7 Å². The van der Waals surface area contributed by atoms with Gasteiger partial charge in [-0.1, -0.05) is 11.6 Å². The molecule has 0 saturated carbocycles. The summed E-state index contributed by atoms with van der Waals surface area (Å²) in [5, 5.41) is 0.651. The lowest BCUT2D eigenvalue weighted by molar-refractivity contribution is 0.538. The number of nitrogens with zero attached hydrogens (tertiary/aromatic N) is 6. The first kappa shape index (κ1) is 16.9. The molecule has 1 aliphatic heterocycles. The van der Waals surface area contributed by atoms with Crippen molar-refractivity contribution in [2.45, 2.75) is 6.92 Å². The average molecular weight is 373 g/mol. The van der Waals surface area contributed by atoms with E-state index in [0.29, 0.717) is 16.6 Å². The molecule has 0 radical (unpaired) electrons. The molecule has 0 bridgehead atoms. The summed E-state index contributed by atoms with van der Waals surface area (Å²) in [6.07, 6.45) is 0. The summed E-state index contributed by atoms with van der Waals surface area (Å²) in [6.45, 7) is 5.23. The van der Waals surface area contributed by atoms with E-state index in [2.05, 4.69) is 24.8 Å². The van der Waals surface area contributed by atoms with Crippen LogP contribution in [0.3, 0.4) is 0 Å². The second kappa shape index (κ2) is 6.64. The van der Waals surface area contributed by atoms with E-state index in [-0.39, 0.29) is 0 Å². The van der Waals surface area contributed by atoms with Crippen molar-refractivity contribution >= 4 is 40.5 Å². The molecule has 1 saturated heterocycles. The molecule has 0 unspecified atom stereocenters. The van der Waals surface area contributed by atoms with Crippen LogP contribution in [-0.4, -0.2) is 55.2 Å². The fraction of sp³-hybridized carbons (Fsp3) is 0.389. The Kier molecular flexibility index (Phi) is 4.32. The van der Waals surface area contributed by atoms with E-state index in [4.69, 9.17) is 16.0 Å². The Morgan fingerprint density at radius 3 is 2.46 bits per heavy atom. The summed E-state index contributed by atoms with van der Waals surface area (Å²) in [5.41, 5.74) is 2.51. The van der Waals surface area contributed by atoms with Gasteiger partial charge in [0.15, 0.2) is 5.58 Å². The molecule has 7 nitrogen and oxygen atoms in total. The van der Waals surface area contributed by atoms with Gasteiger partial charge in [-0.05, 0) is 19.1 Å². The second-order valence-electron chi connectivity index (χ2n) is 6.64. The van der Waals surface area contributed by atoms with Crippen LogP contribution < -0.4 is 14.7 Å². The molecule has 0 N–H and O–H groups in total. The molecule has 2 aromatic heterocycles. The van der Waals surface area contributed by atoms with E-state index in [1.165, 1.54) is 0 Å². The third-order valence-corrected chi connectivity index (χ3v) is 4.69. The van der Waals surface area contributed by atoms with Crippen LogP contribution in [0, 0.1) is 6.92 Å². The topological polar surface area (TPSA) is 61.5 Å². The Bertz CT molecular complexity index is 933. The molecule has 1 fully saturated rings. The van der Waals surface area contributed by atoms with Gasteiger partial charge in [-0.3, -0.25) is 0 Å². The number of aryl methyl sites for hydroxylation is 1. The van der Waals surface area contributed by atoms with Crippen LogP contribution in [0.2, 0.25) is 5.02 Å². The lowest BCUT2D eigenvalue weighted by Crippen LogP contribution is -2.47. The monoisotopic (exact) mass is 372 g/mol. The van der Waals surface area contributed by atoms with Crippen LogP contribution >= 0.6 is 11.6 Å². The number of rotatable bonds is 3. The summed E-state index contributed by atoms with van der Waals surface area (Å²) in [7, 11) is 3.98. The number of piperazine rings is 1. The smallest absolute Gasteiger partial charge is 0.298 e. The average Bonchev–Trinajstić information content (AvgIpc) is 3.04. The van der Waals surface area contributed by atoms with Crippen molar-refractivity contribution in [3.8, 4) is 0 Å². The minimum Gasteiger partial charge on any atom is -0.423 e. The first-order valence-electron chi connectivity index (χ1n) is 8.58. The molecule has 4 rings (SSSR count). The highest BCUT2D eigenvalue weighted by Gasteiger charge is 2.23. The highest BCUT2D eigenvalue weighted by atomic mass is 35.5. The molecule has 136 valence electrons. The Hall–Kier alpha value is -2.54. The zero-order valence-electron chi connectivity index (χ0n) is 15.1. The molecule has 8 heteroatoms. The van der Waals surface area contributed by atoms with Crippen molar-refractivity contribution in [3.63, 3.8) is 0 Å². The third-order valence-electron chi connectivity index (χ3n) is 4.46. The van der Waals surface area contributed by atoms with Crippen molar-refractivity contribution in [3.05, 3.63) is 35.0 Å². The minimum atomic E-state index is 0.640. The summed E-state index contributed by atoms with van der Waals surface area (Å²) >= 11 is 6.02. The molecule has 0 spiro atoms. The number of anilines is 3. The predicted molar refractivity (Wildman–Crippen MR) is 105 cm³/mol. The Morgan fingerprint density at radius 2 is 1.73 bits per heavy atom. The van der Waals surface area contributed by atoms with Gasteiger partial charge in [0.2, 0.25) is 5.95 Å². The zero-order chi connectivity index (χ0) is 18.3. The van der Waals surface area contributed by atoms with Gasteiger partial charge in [-0.25, -0.2) is 4.98 Å². The predicted octanol–water partition coefficient (Wildman–Crippen LogP) is 2.97. The van der Waals surface area contributed by atoms with Gasteiger partial charge >= 0.3 is 0 Å². The lowest BCUT2D eigenvalue weighted by Gasteiger charge is -2.34. The maximum Gasteiger partial charge on any atom is 0.298 e. The molecule has 3 aromatic rings. The molecule has 1 aliphatic rings. The van der Waals surface area contributed by atoms with Crippen LogP contribution in [0.4, 0.5) is 17.8 Å². The van der Waals surface area contributed by atoms with Crippen molar-refractivity contribution in [2.75, 3.05) is 55.0 Å². The maximum absolute atomic E-state index is 6.02. The van der Waals surface area contributed by atoms with Gasteiger partial charge in [0.05, 0.1) is 0 Å². The quantitative estimate of drug-likeness (QED) is 0.700. The molecule has 0 aliphatic carbocycles. The maximum atomic E-state index is 6.02. The molecule has 1 aromatic carbocycles. The number of fused-ring (bicyclic) bond motifs is 1. The van der Waals surface area contributed by atoms with Crippen LogP contribution in [-0.2, 0) is 0 Å².